The molecule has 0 aliphatic heterocycles. The van der Waals surface area contributed by atoms with Gasteiger partial charge in [-0.05, 0) is 46.8 Å². The lowest BCUT2D eigenvalue weighted by Gasteiger charge is -2.36. The van der Waals surface area contributed by atoms with Gasteiger partial charge in [-0.3, -0.25) is 0 Å². The van der Waals surface area contributed by atoms with Crippen molar-refractivity contribution < 1.29 is 0 Å². The monoisotopic (exact) mass is 284 g/mol. The van der Waals surface area contributed by atoms with E-state index in [2.05, 4.69) is 73.5 Å². The molecule has 0 aromatic carbocycles. The van der Waals surface area contributed by atoms with Crippen LogP contribution in [0.15, 0.2) is 16.7 Å². The van der Waals surface area contributed by atoms with E-state index in [1.54, 1.807) is 0 Å². The SMILES string of the molecule is Cc1cc(N(C)C(C)C(C)(C)C)ncc1Br. The second-order valence-electron chi connectivity index (χ2n) is 5.44. The topological polar surface area (TPSA) is 16.1 Å². The van der Waals surface area contributed by atoms with E-state index < -0.39 is 0 Å². The molecule has 0 amide bonds. The second-order valence-corrected chi connectivity index (χ2v) is 6.30. The summed E-state index contributed by atoms with van der Waals surface area (Å²) in [5.74, 6) is 1.03. The normalized spacial score (nSPS) is 13.7. The van der Waals surface area contributed by atoms with Gasteiger partial charge in [-0.1, -0.05) is 20.8 Å². The summed E-state index contributed by atoms with van der Waals surface area (Å²) in [6.07, 6.45) is 1.87. The van der Waals surface area contributed by atoms with Crippen LogP contribution in [0.2, 0.25) is 0 Å². The highest BCUT2D eigenvalue weighted by atomic mass is 79.9. The molecule has 1 unspecified atom stereocenters. The fourth-order valence-electron chi connectivity index (χ4n) is 1.50. The third-order valence-electron chi connectivity index (χ3n) is 3.23. The number of rotatable bonds is 2. The van der Waals surface area contributed by atoms with Crippen LogP contribution in [0.3, 0.4) is 0 Å². The lowest BCUT2D eigenvalue weighted by Crippen LogP contribution is -2.39. The Morgan fingerprint density at radius 3 is 2.38 bits per heavy atom. The van der Waals surface area contributed by atoms with Crippen molar-refractivity contribution in [1.29, 1.82) is 0 Å². The standard InChI is InChI=1S/C13H21BrN2/c1-9-7-12(15-8-11(9)14)16(6)10(2)13(3,4)5/h7-8,10H,1-6H3. The first-order valence-corrected chi connectivity index (χ1v) is 6.37. The predicted molar refractivity (Wildman–Crippen MR) is 74.0 cm³/mol. The summed E-state index contributed by atoms with van der Waals surface area (Å²) in [5, 5.41) is 0. The molecule has 0 spiro atoms. The summed E-state index contributed by atoms with van der Waals surface area (Å²) >= 11 is 3.47. The molecule has 0 saturated carbocycles. The molecule has 0 N–H and O–H groups in total. The maximum absolute atomic E-state index is 4.45. The largest absolute Gasteiger partial charge is 0.356 e. The van der Waals surface area contributed by atoms with Gasteiger partial charge < -0.3 is 4.90 Å². The molecule has 1 rings (SSSR count). The van der Waals surface area contributed by atoms with Crippen molar-refractivity contribution in [3.8, 4) is 0 Å². The molecule has 0 aliphatic rings. The molecule has 90 valence electrons. The van der Waals surface area contributed by atoms with E-state index in [4.69, 9.17) is 0 Å². The van der Waals surface area contributed by atoms with E-state index in [1.807, 2.05) is 6.20 Å². The zero-order valence-corrected chi connectivity index (χ0v) is 12.6. The van der Waals surface area contributed by atoms with Crippen LogP contribution in [0.4, 0.5) is 5.82 Å². The van der Waals surface area contributed by atoms with Crippen LogP contribution in [0, 0.1) is 12.3 Å². The summed E-state index contributed by atoms with van der Waals surface area (Å²) in [7, 11) is 2.10. The van der Waals surface area contributed by atoms with E-state index >= 15 is 0 Å². The molecule has 3 heteroatoms. The molecule has 0 fully saturated rings. The number of pyridine rings is 1. The minimum Gasteiger partial charge on any atom is -0.356 e. The molecule has 0 bridgehead atoms. The fraction of sp³-hybridized carbons (Fsp3) is 0.615. The number of aryl methyl sites for hydroxylation is 1. The first-order chi connectivity index (χ1) is 7.23. The fourth-order valence-corrected chi connectivity index (χ4v) is 1.71. The number of hydrogen-bond acceptors (Lipinski definition) is 2. The summed E-state index contributed by atoms with van der Waals surface area (Å²) in [6.45, 7) is 11.1. The minimum absolute atomic E-state index is 0.247. The molecule has 0 saturated heterocycles. The van der Waals surface area contributed by atoms with Crippen molar-refractivity contribution in [2.75, 3.05) is 11.9 Å². The van der Waals surface area contributed by atoms with Crippen LogP contribution in [-0.2, 0) is 0 Å². The molecule has 2 nitrogen and oxygen atoms in total. The van der Waals surface area contributed by atoms with Gasteiger partial charge >= 0.3 is 0 Å². The first-order valence-electron chi connectivity index (χ1n) is 5.58. The number of aromatic nitrogens is 1. The minimum atomic E-state index is 0.247. The molecule has 0 radical (unpaired) electrons. The van der Waals surface area contributed by atoms with Crippen molar-refractivity contribution in [2.24, 2.45) is 5.41 Å². The van der Waals surface area contributed by atoms with Crippen LogP contribution in [-0.4, -0.2) is 18.1 Å². The second kappa shape index (κ2) is 4.74. The van der Waals surface area contributed by atoms with E-state index in [1.165, 1.54) is 5.56 Å². The van der Waals surface area contributed by atoms with Gasteiger partial charge in [0.25, 0.3) is 0 Å². The van der Waals surface area contributed by atoms with Crippen molar-refractivity contribution >= 4 is 21.7 Å². The van der Waals surface area contributed by atoms with Crippen LogP contribution < -0.4 is 4.90 Å². The molecule has 1 atom stereocenters. The lowest BCUT2D eigenvalue weighted by atomic mass is 9.87. The number of nitrogens with zero attached hydrogens (tertiary/aromatic N) is 2. The molecule has 1 aromatic heterocycles. The quantitative estimate of drug-likeness (QED) is 0.815. The summed E-state index contributed by atoms with van der Waals surface area (Å²) in [4.78, 5) is 6.69. The highest BCUT2D eigenvalue weighted by molar-refractivity contribution is 9.10. The van der Waals surface area contributed by atoms with Crippen molar-refractivity contribution in [2.45, 2.75) is 40.7 Å². The molecule has 1 heterocycles. The third-order valence-corrected chi connectivity index (χ3v) is 4.06. The highest BCUT2D eigenvalue weighted by Crippen LogP contribution is 2.27. The molecule has 1 aromatic rings. The van der Waals surface area contributed by atoms with Gasteiger partial charge in [0.2, 0.25) is 0 Å². The van der Waals surface area contributed by atoms with E-state index in [-0.39, 0.29) is 5.41 Å². The Labute approximate surface area is 107 Å². The lowest BCUT2D eigenvalue weighted by molar-refractivity contribution is 0.328. The summed E-state index contributed by atoms with van der Waals surface area (Å²) < 4.78 is 1.06. The maximum atomic E-state index is 4.45. The van der Waals surface area contributed by atoms with Crippen LogP contribution in [0.1, 0.15) is 33.3 Å². The van der Waals surface area contributed by atoms with Gasteiger partial charge in [0.05, 0.1) is 0 Å². The Hall–Kier alpha value is -0.570. The molecule has 16 heavy (non-hydrogen) atoms. The van der Waals surface area contributed by atoms with E-state index in [0.29, 0.717) is 6.04 Å². The average molecular weight is 285 g/mol. The Bertz CT molecular complexity index is 369. The van der Waals surface area contributed by atoms with Gasteiger partial charge in [0.1, 0.15) is 5.82 Å². The number of anilines is 1. The average Bonchev–Trinajstić information content (AvgIpc) is 2.18. The Kier molecular flexibility index (Phi) is 4.00. The molecular weight excluding hydrogens is 264 g/mol. The van der Waals surface area contributed by atoms with Crippen molar-refractivity contribution in [1.82, 2.24) is 4.98 Å². The molecule has 0 aliphatic carbocycles. The highest BCUT2D eigenvalue weighted by Gasteiger charge is 2.24. The predicted octanol–water partition coefficient (Wildman–Crippen LogP) is 4.02. The van der Waals surface area contributed by atoms with Crippen LogP contribution >= 0.6 is 15.9 Å². The van der Waals surface area contributed by atoms with Crippen LogP contribution in [0.25, 0.3) is 0 Å². The van der Waals surface area contributed by atoms with Gasteiger partial charge in [-0.2, -0.15) is 0 Å². The summed E-state index contributed by atoms with van der Waals surface area (Å²) in [5.41, 5.74) is 1.47. The smallest absolute Gasteiger partial charge is 0.128 e. The third kappa shape index (κ3) is 2.97. The Balaban J connectivity index is 2.97. The Morgan fingerprint density at radius 2 is 1.94 bits per heavy atom. The van der Waals surface area contributed by atoms with Gasteiger partial charge in [0.15, 0.2) is 0 Å². The number of hydrogen-bond donors (Lipinski definition) is 0. The number of halogens is 1. The van der Waals surface area contributed by atoms with Gasteiger partial charge in [-0.25, -0.2) is 4.98 Å². The zero-order valence-electron chi connectivity index (χ0n) is 11.0. The van der Waals surface area contributed by atoms with E-state index in [0.717, 1.165) is 10.3 Å². The van der Waals surface area contributed by atoms with Crippen LogP contribution in [0.5, 0.6) is 0 Å². The van der Waals surface area contributed by atoms with Crippen molar-refractivity contribution in [3.63, 3.8) is 0 Å². The zero-order chi connectivity index (χ0) is 12.5. The van der Waals surface area contributed by atoms with Gasteiger partial charge in [-0.15, -0.1) is 0 Å². The van der Waals surface area contributed by atoms with E-state index in [9.17, 15) is 0 Å². The maximum Gasteiger partial charge on any atom is 0.128 e. The Morgan fingerprint density at radius 1 is 1.38 bits per heavy atom. The van der Waals surface area contributed by atoms with Gasteiger partial charge in [0, 0.05) is 23.8 Å². The molecular formula is C13H21BrN2. The first kappa shape index (κ1) is 13.5. The van der Waals surface area contributed by atoms with Crippen molar-refractivity contribution in [3.05, 3.63) is 22.3 Å². The summed E-state index contributed by atoms with van der Waals surface area (Å²) in [6, 6.07) is 2.56.